The normalized spacial score (nSPS) is 19.8. The van der Waals surface area contributed by atoms with Crippen molar-refractivity contribution >= 4 is 16.7 Å². The lowest BCUT2D eigenvalue weighted by Crippen LogP contribution is -2.59. The molecule has 3 aromatic rings. The van der Waals surface area contributed by atoms with Gasteiger partial charge in [0, 0.05) is 44.3 Å². The van der Waals surface area contributed by atoms with E-state index in [4.69, 9.17) is 5.26 Å². The molecule has 4 rings (SSSR count). The summed E-state index contributed by atoms with van der Waals surface area (Å²) in [4.78, 5) is 17.5. The number of rotatable bonds is 7. The lowest BCUT2D eigenvalue weighted by molar-refractivity contribution is -0.137. The molecule has 3 atom stereocenters. The van der Waals surface area contributed by atoms with Crippen LogP contribution in [0.1, 0.15) is 57.2 Å². The molecule has 1 aromatic carbocycles. The van der Waals surface area contributed by atoms with E-state index in [9.17, 15) is 18.0 Å². The van der Waals surface area contributed by atoms with E-state index in [-0.39, 0.29) is 30.2 Å². The summed E-state index contributed by atoms with van der Waals surface area (Å²) in [5.74, 6) is 0. The van der Waals surface area contributed by atoms with Gasteiger partial charge in [-0.15, -0.1) is 0 Å². The van der Waals surface area contributed by atoms with Gasteiger partial charge in [-0.1, -0.05) is 32.9 Å². The number of nitriles is 1. The van der Waals surface area contributed by atoms with Crippen molar-refractivity contribution < 1.29 is 13.2 Å². The molecular weight excluding hydrogens is 481 g/mol. The molecule has 0 unspecified atom stereocenters. The number of pyridine rings is 1. The van der Waals surface area contributed by atoms with Gasteiger partial charge < -0.3 is 9.47 Å². The quantitative estimate of drug-likeness (QED) is 0.438. The highest BCUT2D eigenvalue weighted by Crippen LogP contribution is 2.37. The zero-order chi connectivity index (χ0) is 26.9. The van der Waals surface area contributed by atoms with E-state index in [0.717, 1.165) is 30.5 Å². The Balaban J connectivity index is 1.70. The lowest BCUT2D eigenvalue weighted by Gasteiger charge is -2.50. The van der Waals surface area contributed by atoms with Gasteiger partial charge in [-0.2, -0.15) is 23.5 Å². The number of fused-ring (bicyclic) bond motifs is 1. The van der Waals surface area contributed by atoms with Crippen LogP contribution in [0.4, 0.5) is 18.9 Å². The number of hydrogen-bond donors (Lipinski definition) is 0. The summed E-state index contributed by atoms with van der Waals surface area (Å²) in [6, 6.07) is 9.47. The summed E-state index contributed by atoms with van der Waals surface area (Å²) in [6.45, 7) is 7.76. The Morgan fingerprint density at radius 3 is 2.35 bits per heavy atom. The molecule has 37 heavy (non-hydrogen) atoms. The summed E-state index contributed by atoms with van der Waals surface area (Å²) < 4.78 is 42.5. The molecule has 198 valence electrons. The van der Waals surface area contributed by atoms with Crippen molar-refractivity contribution in [2.45, 2.75) is 70.9 Å². The molecule has 1 aliphatic heterocycles. The average molecular weight is 515 g/mol. The van der Waals surface area contributed by atoms with Crippen molar-refractivity contribution in [3.8, 4) is 6.07 Å². The zero-order valence-corrected chi connectivity index (χ0v) is 21.7. The highest BCUT2D eigenvalue weighted by atomic mass is 19.4. The zero-order valence-electron chi connectivity index (χ0n) is 21.7. The predicted molar refractivity (Wildman–Crippen MR) is 137 cm³/mol. The molecule has 3 heterocycles. The molecule has 7 nitrogen and oxygen atoms in total. The first kappa shape index (κ1) is 26.7. The van der Waals surface area contributed by atoms with E-state index < -0.39 is 11.7 Å². The molecule has 0 amide bonds. The Morgan fingerprint density at radius 1 is 1.11 bits per heavy atom. The van der Waals surface area contributed by atoms with Gasteiger partial charge in [-0.3, -0.25) is 14.4 Å². The fraction of sp³-hybridized carbons (Fsp3) is 0.519. The number of anilines is 1. The van der Waals surface area contributed by atoms with Crippen LogP contribution in [0.5, 0.6) is 0 Å². The monoisotopic (exact) mass is 514 g/mol. The van der Waals surface area contributed by atoms with Crippen LogP contribution in [0.25, 0.3) is 11.0 Å². The van der Waals surface area contributed by atoms with Crippen molar-refractivity contribution in [3.63, 3.8) is 0 Å². The minimum Gasteiger partial charge on any atom is -0.364 e. The molecule has 0 radical (unpaired) electrons. The summed E-state index contributed by atoms with van der Waals surface area (Å²) in [5, 5.41) is 13.8. The average Bonchev–Trinajstić information content (AvgIpc) is 3.30. The number of alkyl halides is 3. The maximum absolute atomic E-state index is 13.1. The Labute approximate surface area is 214 Å². The third-order valence-corrected chi connectivity index (χ3v) is 7.57. The molecule has 1 fully saturated rings. The summed E-state index contributed by atoms with van der Waals surface area (Å²) >= 11 is 0. The van der Waals surface area contributed by atoms with Crippen LogP contribution in [-0.2, 0) is 19.8 Å². The van der Waals surface area contributed by atoms with Crippen LogP contribution in [-0.4, -0.2) is 44.4 Å². The molecule has 1 saturated heterocycles. The van der Waals surface area contributed by atoms with Crippen LogP contribution < -0.4 is 10.5 Å². The van der Waals surface area contributed by atoms with Gasteiger partial charge in [0.05, 0.1) is 29.0 Å². The molecule has 0 N–H and O–H groups in total. The van der Waals surface area contributed by atoms with E-state index in [1.54, 1.807) is 40.7 Å². The molecule has 0 spiro atoms. The molecule has 2 aromatic heterocycles. The Morgan fingerprint density at radius 2 is 1.78 bits per heavy atom. The smallest absolute Gasteiger partial charge is 0.364 e. The van der Waals surface area contributed by atoms with Crippen LogP contribution in [0.15, 0.2) is 41.3 Å². The lowest BCUT2D eigenvalue weighted by atomic mass is 9.94. The first-order valence-electron chi connectivity index (χ1n) is 12.8. The van der Waals surface area contributed by atoms with Crippen molar-refractivity contribution in [1.82, 2.24) is 19.2 Å². The van der Waals surface area contributed by atoms with Crippen LogP contribution in [0.3, 0.4) is 0 Å². The SMILES string of the molecule is CC[C@H]1CN([C@@H](CC)c2ccc(C(F)(F)F)cc2)[C@H](CC)CN1c1cc(=O)n(C)c2cn(CC#N)nc12. The number of piperazine rings is 1. The summed E-state index contributed by atoms with van der Waals surface area (Å²) in [6.07, 6.45) is -0.182. The van der Waals surface area contributed by atoms with E-state index in [1.807, 2.05) is 0 Å². The second-order valence-electron chi connectivity index (χ2n) is 9.66. The number of nitrogens with zero attached hydrogens (tertiary/aromatic N) is 6. The van der Waals surface area contributed by atoms with Gasteiger partial charge >= 0.3 is 6.18 Å². The fourth-order valence-corrected chi connectivity index (χ4v) is 5.53. The van der Waals surface area contributed by atoms with Crippen LogP contribution >= 0.6 is 0 Å². The fourth-order valence-electron chi connectivity index (χ4n) is 5.53. The number of halogens is 3. The first-order chi connectivity index (χ1) is 17.6. The highest BCUT2D eigenvalue weighted by molar-refractivity contribution is 5.88. The van der Waals surface area contributed by atoms with Gasteiger partial charge in [0.15, 0.2) is 0 Å². The molecule has 10 heteroatoms. The third kappa shape index (κ3) is 5.10. The third-order valence-electron chi connectivity index (χ3n) is 7.57. The van der Waals surface area contributed by atoms with Crippen LogP contribution in [0.2, 0.25) is 0 Å². The Bertz CT molecular complexity index is 1340. The summed E-state index contributed by atoms with van der Waals surface area (Å²) in [7, 11) is 1.70. The molecule has 0 aliphatic carbocycles. The maximum atomic E-state index is 13.1. The first-order valence-corrected chi connectivity index (χ1v) is 12.8. The second-order valence-corrected chi connectivity index (χ2v) is 9.66. The van der Waals surface area contributed by atoms with Gasteiger partial charge in [0.1, 0.15) is 12.1 Å². The largest absolute Gasteiger partial charge is 0.416 e. The standard InChI is InChI=1S/C27H33F3N6O/c1-5-20-16-36(23-14-25(37)33(4)24-17-34(13-12-31)32-26(23)24)21(6-2)15-35(20)22(7-3)18-8-10-19(11-9-18)27(28,29)30/h8-11,14,17,20-22H,5-7,13,15-16H2,1-4H3/t20-,21+,22+/m1/s1. The number of aromatic nitrogens is 3. The van der Waals surface area contributed by atoms with Gasteiger partial charge in [0.25, 0.3) is 5.56 Å². The number of benzene rings is 1. The van der Waals surface area contributed by atoms with Gasteiger partial charge in [0.2, 0.25) is 0 Å². The van der Waals surface area contributed by atoms with Crippen molar-refractivity contribution in [2.24, 2.45) is 7.05 Å². The van der Waals surface area contributed by atoms with Crippen molar-refractivity contribution in [3.05, 3.63) is 58.0 Å². The summed E-state index contributed by atoms with van der Waals surface area (Å²) in [5.41, 5.74) is 2.24. The minimum atomic E-state index is -4.36. The molecule has 1 aliphatic rings. The van der Waals surface area contributed by atoms with E-state index >= 15 is 0 Å². The minimum absolute atomic E-state index is 0.0121. The van der Waals surface area contributed by atoms with E-state index in [2.05, 4.69) is 41.7 Å². The van der Waals surface area contributed by atoms with Crippen LogP contribution in [0, 0.1) is 11.3 Å². The highest BCUT2D eigenvalue weighted by Gasteiger charge is 2.37. The molecular formula is C27H33F3N6O. The number of aryl methyl sites for hydroxylation is 1. The maximum Gasteiger partial charge on any atom is 0.416 e. The Kier molecular flexibility index (Phi) is 7.64. The Hall–Kier alpha value is -3.32. The predicted octanol–water partition coefficient (Wildman–Crippen LogP) is 5.11. The van der Waals surface area contributed by atoms with Crippen molar-refractivity contribution in [1.29, 1.82) is 5.26 Å². The van der Waals surface area contributed by atoms with E-state index in [1.165, 1.54) is 12.1 Å². The number of hydrogen-bond acceptors (Lipinski definition) is 5. The second kappa shape index (κ2) is 10.6. The molecule has 0 saturated carbocycles. The van der Waals surface area contributed by atoms with Gasteiger partial charge in [-0.05, 0) is 37.0 Å². The molecule has 0 bridgehead atoms. The van der Waals surface area contributed by atoms with E-state index in [0.29, 0.717) is 24.1 Å². The van der Waals surface area contributed by atoms with Crippen molar-refractivity contribution in [2.75, 3.05) is 18.0 Å². The van der Waals surface area contributed by atoms with Gasteiger partial charge in [-0.25, -0.2) is 0 Å². The topological polar surface area (TPSA) is 70.1 Å².